The summed E-state index contributed by atoms with van der Waals surface area (Å²) >= 11 is 0. The van der Waals surface area contributed by atoms with Crippen LogP contribution in [0.4, 0.5) is 0 Å². The van der Waals surface area contributed by atoms with Crippen LogP contribution in [0.1, 0.15) is 32.1 Å². The average molecular weight is 213 g/mol. The Hall–Kier alpha value is -1.39. The Morgan fingerprint density at radius 3 is 2.53 bits per heavy atom. The fourth-order valence-corrected chi connectivity index (χ4v) is 2.05. The van der Waals surface area contributed by atoms with Crippen molar-refractivity contribution >= 4 is 18.2 Å². The van der Waals surface area contributed by atoms with E-state index in [1.54, 1.807) is 0 Å². The molecule has 1 aliphatic carbocycles. The standard InChI is InChI=1S/C10H15NO4/c12-7-11-6-10(5-9(14)15)3-1-8(13)2-4-10/h7H,1-6H2,(H,11,12)(H,14,15). The van der Waals surface area contributed by atoms with Crippen molar-refractivity contribution in [3.05, 3.63) is 0 Å². The van der Waals surface area contributed by atoms with Gasteiger partial charge in [-0.2, -0.15) is 0 Å². The number of carboxylic acids is 1. The molecule has 1 aliphatic rings. The Bertz CT molecular complexity index is 259. The molecule has 0 unspecified atom stereocenters. The molecular formula is C10H15NO4. The number of ketones is 1. The van der Waals surface area contributed by atoms with Crippen molar-refractivity contribution in [2.24, 2.45) is 5.41 Å². The van der Waals surface area contributed by atoms with Gasteiger partial charge >= 0.3 is 5.97 Å². The monoisotopic (exact) mass is 213 g/mol. The van der Waals surface area contributed by atoms with Gasteiger partial charge in [-0.1, -0.05) is 0 Å². The van der Waals surface area contributed by atoms with Gasteiger partial charge < -0.3 is 10.4 Å². The van der Waals surface area contributed by atoms with Gasteiger partial charge in [0.05, 0.1) is 6.42 Å². The van der Waals surface area contributed by atoms with Gasteiger partial charge in [0.2, 0.25) is 6.41 Å². The molecule has 1 saturated carbocycles. The van der Waals surface area contributed by atoms with Gasteiger partial charge in [0.1, 0.15) is 5.78 Å². The summed E-state index contributed by atoms with van der Waals surface area (Å²) in [6.07, 6.45) is 2.54. The number of carbonyl (C=O) groups is 3. The Kier molecular flexibility index (Phi) is 3.82. The van der Waals surface area contributed by atoms with Gasteiger partial charge in [0.15, 0.2) is 0 Å². The summed E-state index contributed by atoms with van der Waals surface area (Å²) in [6, 6.07) is 0. The Morgan fingerprint density at radius 1 is 1.47 bits per heavy atom. The van der Waals surface area contributed by atoms with Crippen LogP contribution in [0.25, 0.3) is 0 Å². The van der Waals surface area contributed by atoms with Crippen LogP contribution in [-0.2, 0) is 14.4 Å². The number of carboxylic acid groups (broad SMARTS) is 1. The van der Waals surface area contributed by atoms with Crippen LogP contribution < -0.4 is 5.32 Å². The highest BCUT2D eigenvalue weighted by Crippen LogP contribution is 2.37. The predicted molar refractivity (Wildman–Crippen MR) is 52.2 cm³/mol. The van der Waals surface area contributed by atoms with E-state index >= 15 is 0 Å². The molecule has 0 bridgehead atoms. The third kappa shape index (κ3) is 3.34. The van der Waals surface area contributed by atoms with Crippen LogP contribution in [0.3, 0.4) is 0 Å². The number of aliphatic carboxylic acids is 1. The molecule has 5 nitrogen and oxygen atoms in total. The fourth-order valence-electron chi connectivity index (χ4n) is 2.05. The van der Waals surface area contributed by atoms with Crippen molar-refractivity contribution in [2.45, 2.75) is 32.1 Å². The normalized spacial score (nSPS) is 19.6. The highest BCUT2D eigenvalue weighted by molar-refractivity contribution is 5.79. The smallest absolute Gasteiger partial charge is 0.303 e. The van der Waals surface area contributed by atoms with Gasteiger partial charge in [-0.25, -0.2) is 0 Å². The quantitative estimate of drug-likeness (QED) is 0.645. The van der Waals surface area contributed by atoms with Gasteiger partial charge in [-0.3, -0.25) is 14.4 Å². The zero-order chi connectivity index (χ0) is 11.3. The molecule has 1 rings (SSSR count). The number of hydrogen-bond donors (Lipinski definition) is 2. The van der Waals surface area contributed by atoms with Crippen LogP contribution >= 0.6 is 0 Å². The van der Waals surface area contributed by atoms with E-state index in [9.17, 15) is 14.4 Å². The van der Waals surface area contributed by atoms with Gasteiger partial charge in [-0.05, 0) is 18.3 Å². The molecule has 0 heterocycles. The number of rotatable bonds is 5. The third-order valence-electron chi connectivity index (χ3n) is 2.95. The lowest BCUT2D eigenvalue weighted by atomic mass is 9.71. The minimum Gasteiger partial charge on any atom is -0.481 e. The van der Waals surface area contributed by atoms with Crippen molar-refractivity contribution in [1.29, 1.82) is 0 Å². The van der Waals surface area contributed by atoms with Crippen LogP contribution in [0, 0.1) is 5.41 Å². The van der Waals surface area contributed by atoms with E-state index in [1.807, 2.05) is 0 Å². The summed E-state index contributed by atoms with van der Waals surface area (Å²) < 4.78 is 0. The van der Waals surface area contributed by atoms with Crippen LogP contribution in [0.5, 0.6) is 0 Å². The van der Waals surface area contributed by atoms with E-state index in [0.717, 1.165) is 0 Å². The predicted octanol–water partition coefficient (Wildman–Crippen LogP) is 0.337. The van der Waals surface area contributed by atoms with Crippen molar-refractivity contribution < 1.29 is 19.5 Å². The van der Waals surface area contributed by atoms with E-state index in [1.165, 1.54) is 0 Å². The van der Waals surface area contributed by atoms with Gasteiger partial charge in [0, 0.05) is 19.4 Å². The molecule has 2 N–H and O–H groups in total. The molecule has 0 atom stereocenters. The first-order valence-electron chi connectivity index (χ1n) is 4.98. The molecule has 0 radical (unpaired) electrons. The molecular weight excluding hydrogens is 198 g/mol. The van der Waals surface area contributed by atoms with Crippen molar-refractivity contribution in [2.75, 3.05) is 6.54 Å². The topological polar surface area (TPSA) is 83.5 Å². The van der Waals surface area contributed by atoms with E-state index in [4.69, 9.17) is 5.11 Å². The molecule has 5 heteroatoms. The maximum atomic E-state index is 11.1. The average Bonchev–Trinajstić information content (AvgIpc) is 2.19. The Morgan fingerprint density at radius 2 is 2.07 bits per heavy atom. The molecule has 0 saturated heterocycles. The number of carbonyl (C=O) groups excluding carboxylic acids is 2. The molecule has 0 aromatic rings. The summed E-state index contributed by atoms with van der Waals surface area (Å²) in [5.41, 5.74) is -0.430. The maximum absolute atomic E-state index is 11.1. The molecule has 1 fully saturated rings. The molecule has 0 spiro atoms. The lowest BCUT2D eigenvalue weighted by Crippen LogP contribution is -2.39. The first-order valence-corrected chi connectivity index (χ1v) is 4.98. The molecule has 0 aromatic carbocycles. The van der Waals surface area contributed by atoms with Crippen molar-refractivity contribution in [1.82, 2.24) is 5.32 Å². The number of amides is 1. The second kappa shape index (κ2) is 4.91. The van der Waals surface area contributed by atoms with Crippen LogP contribution in [0.2, 0.25) is 0 Å². The zero-order valence-corrected chi connectivity index (χ0v) is 8.49. The molecule has 0 aromatic heterocycles. The van der Waals surface area contributed by atoms with Crippen molar-refractivity contribution in [3.63, 3.8) is 0 Å². The number of hydrogen-bond acceptors (Lipinski definition) is 3. The van der Waals surface area contributed by atoms with E-state index < -0.39 is 11.4 Å². The van der Waals surface area contributed by atoms with E-state index in [-0.39, 0.29) is 12.2 Å². The molecule has 84 valence electrons. The highest BCUT2D eigenvalue weighted by atomic mass is 16.4. The summed E-state index contributed by atoms with van der Waals surface area (Å²) in [5.74, 6) is -0.695. The van der Waals surface area contributed by atoms with Gasteiger partial charge in [0.25, 0.3) is 0 Å². The SMILES string of the molecule is O=CNCC1(CC(=O)O)CCC(=O)CC1. The second-order valence-electron chi connectivity index (χ2n) is 4.11. The first-order chi connectivity index (χ1) is 7.08. The summed E-state index contributed by atoms with van der Waals surface area (Å²) in [7, 11) is 0. The summed E-state index contributed by atoms with van der Waals surface area (Å²) in [4.78, 5) is 32.0. The minimum absolute atomic E-state index is 0.0150. The number of Topliss-reactive ketones (excluding diaryl/α,β-unsaturated/α-hetero) is 1. The lowest BCUT2D eigenvalue weighted by molar-refractivity contribution is -0.141. The molecule has 1 amide bonds. The zero-order valence-electron chi connectivity index (χ0n) is 8.49. The minimum atomic E-state index is -0.878. The van der Waals surface area contributed by atoms with Crippen LogP contribution in [-0.4, -0.2) is 29.8 Å². The Balaban J connectivity index is 2.63. The fraction of sp³-hybridized carbons (Fsp3) is 0.700. The van der Waals surface area contributed by atoms with E-state index in [2.05, 4.69) is 5.32 Å². The third-order valence-corrected chi connectivity index (χ3v) is 2.95. The Labute approximate surface area is 87.8 Å². The molecule has 15 heavy (non-hydrogen) atoms. The molecule has 0 aliphatic heterocycles. The van der Waals surface area contributed by atoms with Crippen LogP contribution in [0.15, 0.2) is 0 Å². The van der Waals surface area contributed by atoms with Gasteiger partial charge in [-0.15, -0.1) is 0 Å². The first kappa shape index (κ1) is 11.7. The second-order valence-corrected chi connectivity index (χ2v) is 4.11. The van der Waals surface area contributed by atoms with Crippen molar-refractivity contribution in [3.8, 4) is 0 Å². The maximum Gasteiger partial charge on any atom is 0.303 e. The largest absolute Gasteiger partial charge is 0.481 e. The number of nitrogens with one attached hydrogen (secondary N) is 1. The summed E-state index contributed by atoms with van der Waals surface area (Å²) in [5, 5.41) is 11.3. The van der Waals surface area contributed by atoms with E-state index in [0.29, 0.717) is 38.6 Å². The lowest BCUT2D eigenvalue weighted by Gasteiger charge is -2.35. The highest BCUT2D eigenvalue weighted by Gasteiger charge is 2.36. The summed E-state index contributed by atoms with van der Waals surface area (Å²) in [6.45, 7) is 0.343.